The summed E-state index contributed by atoms with van der Waals surface area (Å²) in [7, 11) is 0. The summed E-state index contributed by atoms with van der Waals surface area (Å²) in [6, 6.07) is 10.1. The third-order valence-corrected chi connectivity index (χ3v) is 4.25. The van der Waals surface area contributed by atoms with Crippen molar-refractivity contribution in [1.29, 1.82) is 0 Å². The molecule has 1 saturated heterocycles. The number of ether oxygens (including phenoxy) is 1. The van der Waals surface area contributed by atoms with Crippen LogP contribution < -0.4 is 10.1 Å². The first-order chi connectivity index (χ1) is 10.3. The van der Waals surface area contributed by atoms with Crippen molar-refractivity contribution in [1.82, 2.24) is 15.1 Å². The van der Waals surface area contributed by atoms with Crippen molar-refractivity contribution in [2.45, 2.75) is 26.0 Å². The van der Waals surface area contributed by atoms with E-state index in [0.29, 0.717) is 23.4 Å². The van der Waals surface area contributed by atoms with Crippen LogP contribution >= 0.6 is 11.6 Å². The maximum absolute atomic E-state index is 6.37. The van der Waals surface area contributed by atoms with Crippen molar-refractivity contribution in [2.75, 3.05) is 13.1 Å². The fraction of sp³-hybridized carbons (Fsp3) is 0.438. The highest BCUT2D eigenvalue weighted by atomic mass is 35.5. The minimum absolute atomic E-state index is 0.513. The fourth-order valence-electron chi connectivity index (χ4n) is 2.62. The van der Waals surface area contributed by atoms with Crippen molar-refractivity contribution in [3.63, 3.8) is 0 Å². The Kier molecular flexibility index (Phi) is 4.78. The first kappa shape index (κ1) is 14.4. The molecule has 1 aromatic heterocycles. The van der Waals surface area contributed by atoms with E-state index in [1.165, 1.54) is 12.8 Å². The molecule has 0 radical (unpaired) electrons. The van der Waals surface area contributed by atoms with Gasteiger partial charge in [-0.3, -0.25) is 4.68 Å². The van der Waals surface area contributed by atoms with E-state index >= 15 is 0 Å². The summed E-state index contributed by atoms with van der Waals surface area (Å²) in [6.45, 7) is 3.55. The molecule has 112 valence electrons. The van der Waals surface area contributed by atoms with Gasteiger partial charge in [-0.25, -0.2) is 0 Å². The Morgan fingerprint density at radius 1 is 1.24 bits per heavy atom. The first-order valence-corrected chi connectivity index (χ1v) is 7.79. The minimum atomic E-state index is 0.513. The zero-order valence-electron chi connectivity index (χ0n) is 12.0. The summed E-state index contributed by atoms with van der Waals surface area (Å²) in [4.78, 5) is 0. The lowest BCUT2D eigenvalue weighted by Crippen LogP contribution is -2.30. The number of nitrogens with zero attached hydrogens (tertiary/aromatic N) is 2. The first-order valence-electron chi connectivity index (χ1n) is 7.41. The molecule has 1 N–H and O–H groups in total. The second-order valence-electron chi connectivity index (χ2n) is 5.45. The summed E-state index contributed by atoms with van der Waals surface area (Å²) < 4.78 is 7.62. The molecule has 2 aromatic rings. The number of rotatable bonds is 5. The van der Waals surface area contributed by atoms with E-state index in [1.54, 1.807) is 6.20 Å². The summed E-state index contributed by atoms with van der Waals surface area (Å²) >= 11 is 6.37. The Hall–Kier alpha value is -1.52. The van der Waals surface area contributed by atoms with Crippen molar-refractivity contribution >= 4 is 11.6 Å². The molecule has 0 amide bonds. The Bertz CT molecular complexity index is 564. The van der Waals surface area contributed by atoms with Crippen LogP contribution in [0.5, 0.6) is 5.75 Å². The van der Waals surface area contributed by atoms with Gasteiger partial charge in [-0.2, -0.15) is 5.10 Å². The molecule has 0 bridgehead atoms. The van der Waals surface area contributed by atoms with Crippen molar-refractivity contribution in [3.05, 3.63) is 47.2 Å². The van der Waals surface area contributed by atoms with Crippen LogP contribution in [-0.2, 0) is 13.2 Å². The molecule has 0 saturated carbocycles. The molecular weight excluding hydrogens is 286 g/mol. The zero-order valence-corrected chi connectivity index (χ0v) is 12.7. The van der Waals surface area contributed by atoms with Crippen molar-refractivity contribution in [2.24, 2.45) is 5.92 Å². The average molecular weight is 306 g/mol. The molecule has 0 spiro atoms. The largest absolute Gasteiger partial charge is 0.484 e. The Morgan fingerprint density at radius 3 is 2.76 bits per heavy atom. The molecule has 1 fully saturated rings. The van der Waals surface area contributed by atoms with Gasteiger partial charge in [0.05, 0.1) is 6.20 Å². The van der Waals surface area contributed by atoms with Gasteiger partial charge in [0.2, 0.25) is 0 Å². The highest BCUT2D eigenvalue weighted by Gasteiger charge is 2.17. The fourth-order valence-corrected chi connectivity index (χ4v) is 2.84. The van der Waals surface area contributed by atoms with Crippen LogP contribution in [-0.4, -0.2) is 22.9 Å². The zero-order chi connectivity index (χ0) is 14.5. The maximum Gasteiger partial charge on any atom is 0.176 e. The van der Waals surface area contributed by atoms with E-state index in [-0.39, 0.29) is 0 Å². The van der Waals surface area contributed by atoms with Crippen LogP contribution in [0.2, 0.25) is 5.15 Å². The topological polar surface area (TPSA) is 39.1 Å². The summed E-state index contributed by atoms with van der Waals surface area (Å²) in [6.07, 6.45) is 4.07. The highest BCUT2D eigenvalue weighted by molar-refractivity contribution is 6.31. The van der Waals surface area contributed by atoms with E-state index in [1.807, 2.05) is 35.0 Å². The molecule has 4 nitrogen and oxygen atoms in total. The van der Waals surface area contributed by atoms with Crippen LogP contribution in [0.1, 0.15) is 18.4 Å². The van der Waals surface area contributed by atoms with Gasteiger partial charge in [-0.15, -0.1) is 0 Å². The predicted octanol–water partition coefficient (Wildman–Crippen LogP) is 3.12. The van der Waals surface area contributed by atoms with Crippen LogP contribution in [0.4, 0.5) is 0 Å². The second-order valence-corrected chi connectivity index (χ2v) is 5.81. The van der Waals surface area contributed by atoms with E-state index in [2.05, 4.69) is 10.4 Å². The predicted molar refractivity (Wildman–Crippen MR) is 83.6 cm³/mol. The van der Waals surface area contributed by atoms with E-state index in [4.69, 9.17) is 16.3 Å². The summed E-state index contributed by atoms with van der Waals surface area (Å²) in [5, 5.41) is 8.33. The molecule has 2 heterocycles. The van der Waals surface area contributed by atoms with Crippen molar-refractivity contribution in [3.8, 4) is 5.75 Å². The molecule has 3 rings (SSSR count). The number of hydrogen-bond acceptors (Lipinski definition) is 3. The number of piperidine rings is 1. The molecular formula is C16H20ClN3O. The minimum Gasteiger partial charge on any atom is -0.484 e. The van der Waals surface area contributed by atoms with E-state index in [0.717, 1.165) is 25.2 Å². The normalized spacial score (nSPS) is 16.0. The van der Waals surface area contributed by atoms with Gasteiger partial charge >= 0.3 is 0 Å². The van der Waals surface area contributed by atoms with Crippen molar-refractivity contribution < 1.29 is 4.74 Å². The monoisotopic (exact) mass is 305 g/mol. The third-order valence-electron chi connectivity index (χ3n) is 3.87. The molecule has 0 aliphatic carbocycles. The van der Waals surface area contributed by atoms with E-state index < -0.39 is 0 Å². The van der Waals surface area contributed by atoms with Crippen LogP contribution in [0, 0.1) is 5.92 Å². The molecule has 1 aliphatic rings. The third kappa shape index (κ3) is 3.77. The number of benzene rings is 1. The number of aromatic nitrogens is 2. The molecule has 0 unspecified atom stereocenters. The Labute approximate surface area is 130 Å². The summed E-state index contributed by atoms with van der Waals surface area (Å²) in [5.74, 6) is 1.31. The molecule has 1 aliphatic heterocycles. The molecule has 0 atom stereocenters. The second kappa shape index (κ2) is 6.96. The molecule has 21 heavy (non-hydrogen) atoms. The number of nitrogens with one attached hydrogen (secondary N) is 1. The standard InChI is InChI=1S/C16H20ClN3O/c17-16-15(21-12-14-4-2-1-3-5-14)10-19-20(16)11-13-6-8-18-9-7-13/h1-5,10,13,18H,6-9,11-12H2. The van der Waals surface area contributed by atoms with Gasteiger partial charge in [0.25, 0.3) is 0 Å². The average Bonchev–Trinajstić information content (AvgIpc) is 2.88. The molecule has 5 heteroatoms. The quantitative estimate of drug-likeness (QED) is 0.922. The Balaban J connectivity index is 1.59. The summed E-state index contributed by atoms with van der Waals surface area (Å²) in [5.41, 5.74) is 1.12. The number of hydrogen-bond donors (Lipinski definition) is 1. The lowest BCUT2D eigenvalue weighted by atomic mass is 9.98. The molecule has 1 aromatic carbocycles. The van der Waals surface area contributed by atoms with Gasteiger partial charge in [-0.05, 0) is 37.4 Å². The van der Waals surface area contributed by atoms with Gasteiger partial charge in [-0.1, -0.05) is 41.9 Å². The maximum atomic E-state index is 6.37. The lowest BCUT2D eigenvalue weighted by Gasteiger charge is -2.22. The van der Waals surface area contributed by atoms with Crippen LogP contribution in [0.3, 0.4) is 0 Å². The van der Waals surface area contributed by atoms with Crippen LogP contribution in [0.25, 0.3) is 0 Å². The Morgan fingerprint density at radius 2 is 2.00 bits per heavy atom. The highest BCUT2D eigenvalue weighted by Crippen LogP contribution is 2.26. The SMILES string of the molecule is Clc1c(OCc2ccccc2)cnn1CC1CCNCC1. The van der Waals surface area contributed by atoms with Crippen LogP contribution in [0.15, 0.2) is 36.5 Å². The van der Waals surface area contributed by atoms with Gasteiger partial charge in [0.15, 0.2) is 10.9 Å². The van der Waals surface area contributed by atoms with Gasteiger partial charge < -0.3 is 10.1 Å². The van der Waals surface area contributed by atoms with Gasteiger partial charge in [0.1, 0.15) is 6.61 Å². The lowest BCUT2D eigenvalue weighted by molar-refractivity contribution is 0.302. The van der Waals surface area contributed by atoms with E-state index in [9.17, 15) is 0 Å². The number of halogens is 1. The van der Waals surface area contributed by atoms with Gasteiger partial charge in [0, 0.05) is 6.54 Å². The smallest absolute Gasteiger partial charge is 0.176 e.